The zero-order valence-corrected chi connectivity index (χ0v) is 12.8. The predicted octanol–water partition coefficient (Wildman–Crippen LogP) is 4.04. The average molecular weight is 262 g/mol. The molecule has 0 aliphatic carbocycles. The molecule has 0 N–H and O–H groups in total. The molecule has 0 amide bonds. The third-order valence-electron chi connectivity index (χ3n) is 3.87. The van der Waals surface area contributed by atoms with Crippen molar-refractivity contribution in [3.05, 3.63) is 35.9 Å². The molecule has 1 aliphatic rings. The quantitative estimate of drug-likeness (QED) is 0.818. The summed E-state index contributed by atoms with van der Waals surface area (Å²) in [6.07, 6.45) is 1.03. The predicted molar refractivity (Wildman–Crippen MR) is 78.0 cm³/mol. The smallest absolute Gasteiger partial charge is 0.169 e. The van der Waals surface area contributed by atoms with Gasteiger partial charge in [0.1, 0.15) is 0 Å². The van der Waals surface area contributed by atoms with Crippen LogP contribution in [0.15, 0.2) is 30.3 Å². The lowest BCUT2D eigenvalue weighted by Gasteiger charge is -2.49. The van der Waals surface area contributed by atoms with Crippen molar-refractivity contribution in [2.24, 2.45) is 11.3 Å². The van der Waals surface area contributed by atoms with E-state index < -0.39 is 5.79 Å². The minimum absolute atomic E-state index is 0.0738. The van der Waals surface area contributed by atoms with Crippen LogP contribution in [0.3, 0.4) is 0 Å². The van der Waals surface area contributed by atoms with Gasteiger partial charge in [-0.3, -0.25) is 0 Å². The molecule has 1 saturated heterocycles. The molecular formula is C17H26O2. The van der Waals surface area contributed by atoms with Gasteiger partial charge in [0.2, 0.25) is 0 Å². The summed E-state index contributed by atoms with van der Waals surface area (Å²) in [5.41, 5.74) is 1.33. The van der Waals surface area contributed by atoms with Crippen molar-refractivity contribution >= 4 is 0 Å². The highest BCUT2D eigenvalue weighted by Gasteiger charge is 2.45. The van der Waals surface area contributed by atoms with Crippen LogP contribution in [0.2, 0.25) is 0 Å². The highest BCUT2D eigenvalue weighted by molar-refractivity contribution is 5.16. The molecule has 2 atom stereocenters. The monoisotopic (exact) mass is 262 g/mol. The first kappa shape index (κ1) is 14.5. The van der Waals surface area contributed by atoms with Gasteiger partial charge in [-0.05, 0) is 18.4 Å². The van der Waals surface area contributed by atoms with Gasteiger partial charge in [0.25, 0.3) is 0 Å². The second kappa shape index (κ2) is 5.26. The SMILES string of the molecule is CC(C)[C@H]1O[C@](C)(Cc2ccccc2)OCC1(C)C. The molecule has 0 unspecified atom stereocenters. The van der Waals surface area contributed by atoms with Gasteiger partial charge >= 0.3 is 0 Å². The van der Waals surface area contributed by atoms with Crippen LogP contribution in [0.4, 0.5) is 0 Å². The Kier molecular flexibility index (Phi) is 4.03. The van der Waals surface area contributed by atoms with E-state index in [1.54, 1.807) is 0 Å². The van der Waals surface area contributed by atoms with Crippen molar-refractivity contribution in [3.8, 4) is 0 Å². The minimum Gasteiger partial charge on any atom is -0.349 e. The summed E-state index contributed by atoms with van der Waals surface area (Å²) >= 11 is 0. The van der Waals surface area contributed by atoms with Gasteiger partial charge in [-0.2, -0.15) is 0 Å². The molecule has 1 aromatic rings. The fourth-order valence-corrected chi connectivity index (χ4v) is 2.98. The van der Waals surface area contributed by atoms with E-state index in [9.17, 15) is 0 Å². The maximum atomic E-state index is 6.33. The number of rotatable bonds is 3. The molecule has 0 spiro atoms. The van der Waals surface area contributed by atoms with E-state index in [-0.39, 0.29) is 11.5 Å². The molecule has 0 bridgehead atoms. The van der Waals surface area contributed by atoms with Gasteiger partial charge in [-0.15, -0.1) is 0 Å². The van der Waals surface area contributed by atoms with Crippen LogP contribution >= 0.6 is 0 Å². The number of ether oxygens (including phenoxy) is 2. The van der Waals surface area contributed by atoms with Crippen LogP contribution in [-0.4, -0.2) is 18.5 Å². The number of hydrogen-bond donors (Lipinski definition) is 0. The highest BCUT2D eigenvalue weighted by Crippen LogP contribution is 2.39. The Balaban J connectivity index is 2.13. The summed E-state index contributed by atoms with van der Waals surface area (Å²) in [4.78, 5) is 0. The molecule has 2 rings (SSSR count). The lowest BCUT2D eigenvalue weighted by molar-refractivity contribution is -0.327. The minimum atomic E-state index is -0.508. The highest BCUT2D eigenvalue weighted by atomic mass is 16.7. The Morgan fingerprint density at radius 2 is 1.79 bits per heavy atom. The molecule has 0 radical (unpaired) electrons. The first-order valence-electron chi connectivity index (χ1n) is 7.18. The topological polar surface area (TPSA) is 18.5 Å². The summed E-state index contributed by atoms with van der Waals surface area (Å²) in [5.74, 6) is -0.0137. The number of hydrogen-bond acceptors (Lipinski definition) is 2. The maximum absolute atomic E-state index is 6.33. The zero-order valence-electron chi connectivity index (χ0n) is 12.8. The van der Waals surface area contributed by atoms with Crippen molar-refractivity contribution in [1.82, 2.24) is 0 Å². The van der Waals surface area contributed by atoms with Crippen LogP contribution < -0.4 is 0 Å². The summed E-state index contributed by atoms with van der Waals surface area (Å²) in [5, 5.41) is 0. The van der Waals surface area contributed by atoms with Crippen LogP contribution in [0.1, 0.15) is 40.2 Å². The fraction of sp³-hybridized carbons (Fsp3) is 0.647. The Morgan fingerprint density at radius 1 is 1.16 bits per heavy atom. The van der Waals surface area contributed by atoms with Gasteiger partial charge in [-0.1, -0.05) is 58.0 Å². The first-order chi connectivity index (χ1) is 8.82. The molecule has 2 nitrogen and oxygen atoms in total. The van der Waals surface area contributed by atoms with E-state index in [4.69, 9.17) is 9.47 Å². The Labute approximate surface area is 117 Å². The van der Waals surface area contributed by atoms with E-state index in [1.807, 2.05) is 6.07 Å². The molecule has 0 aromatic heterocycles. The lowest BCUT2D eigenvalue weighted by atomic mass is 9.80. The molecule has 2 heteroatoms. The van der Waals surface area contributed by atoms with Crippen molar-refractivity contribution in [2.45, 2.75) is 52.9 Å². The van der Waals surface area contributed by atoms with Gasteiger partial charge < -0.3 is 9.47 Å². The second-order valence-electron chi connectivity index (χ2n) is 6.86. The third kappa shape index (κ3) is 3.37. The van der Waals surface area contributed by atoms with Gasteiger partial charge in [0, 0.05) is 11.8 Å². The van der Waals surface area contributed by atoms with Crippen LogP contribution in [0.25, 0.3) is 0 Å². The fourth-order valence-electron chi connectivity index (χ4n) is 2.98. The standard InChI is InChI=1S/C17H26O2/c1-13(2)15-16(3,4)12-18-17(5,19-15)11-14-9-7-6-8-10-14/h6-10,13,15H,11-12H2,1-5H3/t15-,17-/m1/s1. The summed E-state index contributed by atoms with van der Waals surface area (Å²) < 4.78 is 12.4. The number of benzene rings is 1. The average Bonchev–Trinajstić information content (AvgIpc) is 2.34. The molecule has 1 fully saturated rings. The molecule has 1 aromatic carbocycles. The van der Waals surface area contributed by atoms with E-state index in [0.717, 1.165) is 13.0 Å². The Bertz CT molecular complexity index is 411. The van der Waals surface area contributed by atoms with Crippen LogP contribution in [-0.2, 0) is 15.9 Å². The van der Waals surface area contributed by atoms with Crippen LogP contribution in [0.5, 0.6) is 0 Å². The van der Waals surface area contributed by atoms with E-state index in [2.05, 4.69) is 58.9 Å². The molecule has 1 aliphatic heterocycles. The van der Waals surface area contributed by atoms with Crippen LogP contribution in [0, 0.1) is 11.3 Å². The first-order valence-corrected chi connectivity index (χ1v) is 7.18. The van der Waals surface area contributed by atoms with E-state index in [0.29, 0.717) is 5.92 Å². The molecule has 106 valence electrons. The second-order valence-corrected chi connectivity index (χ2v) is 6.86. The molecule has 0 saturated carbocycles. The summed E-state index contributed by atoms with van der Waals surface area (Å²) in [6, 6.07) is 10.4. The molecule has 1 heterocycles. The maximum Gasteiger partial charge on any atom is 0.169 e. The Hall–Kier alpha value is -0.860. The largest absolute Gasteiger partial charge is 0.349 e. The third-order valence-corrected chi connectivity index (χ3v) is 3.87. The lowest BCUT2D eigenvalue weighted by Crippen LogP contribution is -2.54. The normalized spacial score (nSPS) is 30.5. The molecule has 19 heavy (non-hydrogen) atoms. The summed E-state index contributed by atoms with van der Waals surface area (Å²) in [6.45, 7) is 11.7. The van der Waals surface area contributed by atoms with Crippen molar-refractivity contribution in [3.63, 3.8) is 0 Å². The van der Waals surface area contributed by atoms with Crippen molar-refractivity contribution < 1.29 is 9.47 Å². The van der Waals surface area contributed by atoms with Crippen molar-refractivity contribution in [2.75, 3.05) is 6.61 Å². The van der Waals surface area contributed by atoms with Gasteiger partial charge in [0.15, 0.2) is 5.79 Å². The zero-order chi connectivity index (χ0) is 14.1. The van der Waals surface area contributed by atoms with Gasteiger partial charge in [-0.25, -0.2) is 0 Å². The van der Waals surface area contributed by atoms with Crippen molar-refractivity contribution in [1.29, 1.82) is 0 Å². The Morgan fingerprint density at radius 3 is 2.37 bits per heavy atom. The van der Waals surface area contributed by atoms with E-state index in [1.165, 1.54) is 5.56 Å². The van der Waals surface area contributed by atoms with Gasteiger partial charge in [0.05, 0.1) is 12.7 Å². The summed E-state index contributed by atoms with van der Waals surface area (Å²) in [7, 11) is 0. The molecular weight excluding hydrogens is 236 g/mol. The van der Waals surface area contributed by atoms with E-state index >= 15 is 0 Å².